The Morgan fingerprint density at radius 2 is 2.10 bits per heavy atom. The Labute approximate surface area is 117 Å². The monoisotopic (exact) mass is 278 g/mol. The third kappa shape index (κ3) is 2.74. The fourth-order valence-corrected chi connectivity index (χ4v) is 2.44. The second-order valence-corrected chi connectivity index (χ2v) is 5.23. The zero-order valence-electron chi connectivity index (χ0n) is 11.7. The van der Waals surface area contributed by atoms with Gasteiger partial charge in [-0.3, -0.25) is 14.9 Å². The first-order valence-electron chi connectivity index (χ1n) is 6.63. The van der Waals surface area contributed by atoms with Crippen molar-refractivity contribution in [3.05, 3.63) is 34.4 Å². The molecule has 1 aliphatic rings. The van der Waals surface area contributed by atoms with Crippen molar-refractivity contribution < 1.29 is 14.5 Å². The van der Waals surface area contributed by atoms with Crippen molar-refractivity contribution in [2.24, 2.45) is 5.41 Å². The van der Waals surface area contributed by atoms with Gasteiger partial charge in [0.25, 0.3) is 5.69 Å². The molecule has 0 aromatic heterocycles. The third-order valence-electron chi connectivity index (χ3n) is 3.67. The maximum Gasteiger partial charge on any atom is 0.313 e. The Morgan fingerprint density at radius 1 is 1.45 bits per heavy atom. The molecule has 1 aliphatic heterocycles. The van der Waals surface area contributed by atoms with Crippen LogP contribution in [0.3, 0.4) is 0 Å². The van der Waals surface area contributed by atoms with Crippen molar-refractivity contribution in [2.75, 3.05) is 24.6 Å². The van der Waals surface area contributed by atoms with Crippen molar-refractivity contribution in [3.63, 3.8) is 0 Å². The number of benzene rings is 1. The highest BCUT2D eigenvalue weighted by Crippen LogP contribution is 2.34. The second-order valence-electron chi connectivity index (χ2n) is 5.23. The molecule has 0 bridgehead atoms. The minimum atomic E-state index is -0.502. The van der Waals surface area contributed by atoms with Gasteiger partial charge in [0.05, 0.1) is 16.9 Å². The van der Waals surface area contributed by atoms with Crippen LogP contribution in [0.1, 0.15) is 20.3 Å². The highest BCUT2D eigenvalue weighted by Gasteiger charge is 2.41. The largest absolute Gasteiger partial charge is 0.466 e. The van der Waals surface area contributed by atoms with Crippen LogP contribution in [-0.4, -0.2) is 30.6 Å². The van der Waals surface area contributed by atoms with Gasteiger partial charge < -0.3 is 9.64 Å². The fraction of sp³-hybridized carbons (Fsp3) is 0.500. The number of nitro benzene ring substituents is 1. The summed E-state index contributed by atoms with van der Waals surface area (Å²) in [4.78, 5) is 24.2. The summed E-state index contributed by atoms with van der Waals surface area (Å²) in [6.45, 7) is 5.39. The molecule has 1 fully saturated rings. The summed E-state index contributed by atoms with van der Waals surface area (Å²) in [6, 6.07) is 6.40. The van der Waals surface area contributed by atoms with Crippen LogP contribution in [0.5, 0.6) is 0 Å². The molecule has 0 amide bonds. The number of rotatable bonds is 4. The average molecular weight is 278 g/mol. The highest BCUT2D eigenvalue weighted by atomic mass is 16.6. The second kappa shape index (κ2) is 5.48. The van der Waals surface area contributed by atoms with Gasteiger partial charge in [0.15, 0.2) is 0 Å². The molecule has 108 valence electrons. The number of carbonyl (C=O) groups is 1. The van der Waals surface area contributed by atoms with Crippen LogP contribution >= 0.6 is 0 Å². The van der Waals surface area contributed by atoms with Gasteiger partial charge in [0, 0.05) is 30.9 Å². The summed E-state index contributed by atoms with van der Waals surface area (Å²) in [5, 5.41) is 10.6. The Hall–Kier alpha value is -2.11. The number of ether oxygens (including phenoxy) is 1. The van der Waals surface area contributed by atoms with Crippen LogP contribution in [0.15, 0.2) is 24.3 Å². The molecule has 1 heterocycles. The van der Waals surface area contributed by atoms with Crippen LogP contribution < -0.4 is 4.90 Å². The number of nitro groups is 1. The molecule has 0 spiro atoms. The van der Waals surface area contributed by atoms with E-state index in [4.69, 9.17) is 4.74 Å². The van der Waals surface area contributed by atoms with Gasteiger partial charge >= 0.3 is 5.97 Å². The average Bonchev–Trinajstić information content (AvgIpc) is 2.83. The first-order valence-corrected chi connectivity index (χ1v) is 6.63. The van der Waals surface area contributed by atoms with Crippen molar-refractivity contribution in [2.45, 2.75) is 20.3 Å². The van der Waals surface area contributed by atoms with E-state index in [9.17, 15) is 14.9 Å². The van der Waals surface area contributed by atoms with Crippen molar-refractivity contribution in [1.82, 2.24) is 0 Å². The zero-order chi connectivity index (χ0) is 14.8. The fourth-order valence-electron chi connectivity index (χ4n) is 2.44. The molecular formula is C14H18N2O4. The summed E-state index contributed by atoms with van der Waals surface area (Å²) in [6.07, 6.45) is 0.725. The smallest absolute Gasteiger partial charge is 0.313 e. The Bertz CT molecular complexity index is 514. The molecule has 1 unspecified atom stereocenters. The lowest BCUT2D eigenvalue weighted by molar-refractivity contribution is -0.384. The molecule has 6 nitrogen and oxygen atoms in total. The molecule has 1 aromatic rings. The summed E-state index contributed by atoms with van der Waals surface area (Å²) >= 11 is 0. The van der Waals surface area contributed by atoms with E-state index in [2.05, 4.69) is 4.90 Å². The van der Waals surface area contributed by atoms with Crippen LogP contribution in [0.4, 0.5) is 11.4 Å². The molecule has 0 radical (unpaired) electrons. The zero-order valence-corrected chi connectivity index (χ0v) is 11.7. The lowest BCUT2D eigenvalue weighted by Gasteiger charge is -2.23. The standard InChI is InChI=1S/C14H18N2O4/c1-3-20-13(17)14(2)8-9-15(10-14)11-4-6-12(7-5-11)16(18)19/h4-7H,3,8-10H2,1-2H3. The number of anilines is 1. The number of carbonyl (C=O) groups excluding carboxylic acids is 1. The first-order chi connectivity index (χ1) is 9.46. The van der Waals surface area contributed by atoms with E-state index in [1.165, 1.54) is 12.1 Å². The first kappa shape index (κ1) is 14.3. The lowest BCUT2D eigenvalue weighted by Crippen LogP contribution is -2.33. The van der Waals surface area contributed by atoms with E-state index in [-0.39, 0.29) is 11.7 Å². The third-order valence-corrected chi connectivity index (χ3v) is 3.67. The molecule has 1 aromatic carbocycles. The normalized spacial score (nSPS) is 21.8. The molecule has 6 heteroatoms. The molecule has 0 N–H and O–H groups in total. The van der Waals surface area contributed by atoms with Gasteiger partial charge in [0.1, 0.15) is 0 Å². The Balaban J connectivity index is 2.09. The van der Waals surface area contributed by atoms with Gasteiger partial charge in [-0.05, 0) is 32.4 Å². The van der Waals surface area contributed by atoms with Crippen molar-refractivity contribution in [1.29, 1.82) is 0 Å². The SMILES string of the molecule is CCOC(=O)C1(C)CCN(c2ccc([N+](=O)[O-])cc2)C1. The summed E-state index contributed by atoms with van der Waals surface area (Å²) in [5.74, 6) is -0.176. The van der Waals surface area contributed by atoms with E-state index < -0.39 is 10.3 Å². The van der Waals surface area contributed by atoms with Gasteiger partial charge in [-0.25, -0.2) is 0 Å². The number of esters is 1. The highest BCUT2D eigenvalue weighted by molar-refractivity contribution is 5.78. The Morgan fingerprint density at radius 3 is 2.65 bits per heavy atom. The predicted molar refractivity (Wildman–Crippen MR) is 74.7 cm³/mol. The van der Waals surface area contributed by atoms with Crippen LogP contribution in [-0.2, 0) is 9.53 Å². The minimum absolute atomic E-state index is 0.0705. The van der Waals surface area contributed by atoms with Gasteiger partial charge in [-0.2, -0.15) is 0 Å². The van der Waals surface area contributed by atoms with Gasteiger partial charge in [-0.15, -0.1) is 0 Å². The molecule has 1 saturated heterocycles. The number of nitrogens with zero attached hydrogens (tertiary/aromatic N) is 2. The van der Waals surface area contributed by atoms with E-state index in [0.29, 0.717) is 13.2 Å². The molecule has 2 rings (SSSR count). The molecule has 20 heavy (non-hydrogen) atoms. The maximum absolute atomic E-state index is 11.9. The summed E-state index contributed by atoms with van der Waals surface area (Å²) < 4.78 is 5.11. The van der Waals surface area contributed by atoms with Gasteiger partial charge in [-0.1, -0.05) is 0 Å². The van der Waals surface area contributed by atoms with Crippen molar-refractivity contribution in [3.8, 4) is 0 Å². The van der Waals surface area contributed by atoms with Crippen LogP contribution in [0.25, 0.3) is 0 Å². The van der Waals surface area contributed by atoms with Crippen molar-refractivity contribution >= 4 is 17.3 Å². The van der Waals surface area contributed by atoms with Crippen LogP contribution in [0, 0.1) is 15.5 Å². The molecule has 0 aliphatic carbocycles. The van der Waals surface area contributed by atoms with Gasteiger partial charge in [0.2, 0.25) is 0 Å². The summed E-state index contributed by atoms with van der Waals surface area (Å²) in [7, 11) is 0. The molecular weight excluding hydrogens is 260 g/mol. The topological polar surface area (TPSA) is 72.7 Å². The minimum Gasteiger partial charge on any atom is -0.466 e. The number of hydrogen-bond donors (Lipinski definition) is 0. The van der Waals surface area contributed by atoms with E-state index >= 15 is 0 Å². The number of non-ortho nitro benzene ring substituents is 1. The lowest BCUT2D eigenvalue weighted by atomic mass is 9.90. The van der Waals surface area contributed by atoms with E-state index in [1.807, 2.05) is 6.92 Å². The molecule has 0 saturated carbocycles. The molecule has 1 atom stereocenters. The summed E-state index contributed by atoms with van der Waals surface area (Å²) in [5.41, 5.74) is 0.461. The Kier molecular flexibility index (Phi) is 3.92. The van der Waals surface area contributed by atoms with E-state index in [0.717, 1.165) is 18.7 Å². The quantitative estimate of drug-likeness (QED) is 0.480. The maximum atomic E-state index is 11.9. The van der Waals surface area contributed by atoms with Crippen LogP contribution in [0.2, 0.25) is 0 Å². The van der Waals surface area contributed by atoms with E-state index in [1.54, 1.807) is 19.1 Å². The predicted octanol–water partition coefficient (Wildman–Crippen LogP) is 2.37. The number of hydrogen-bond acceptors (Lipinski definition) is 5.